The maximum atomic E-state index is 5.27. The van der Waals surface area contributed by atoms with Crippen LogP contribution in [0.15, 0.2) is 261 Å². The summed E-state index contributed by atoms with van der Waals surface area (Å²) in [6.07, 6.45) is 1.81. The maximum Gasteiger partial charge on any atom is 0.164 e. The first-order valence-electron chi connectivity index (χ1n) is 25.9. The van der Waals surface area contributed by atoms with E-state index in [0.717, 1.165) is 88.8 Å². The third-order valence-corrected chi connectivity index (χ3v) is 13.8. The van der Waals surface area contributed by atoms with Crippen LogP contribution in [0, 0.1) is 0 Å². The van der Waals surface area contributed by atoms with Gasteiger partial charge in [-0.3, -0.25) is 4.98 Å². The monoisotopic (exact) mass is 1010 g/mol. The van der Waals surface area contributed by atoms with Crippen molar-refractivity contribution < 1.29 is 0 Å². The second kappa shape index (κ2) is 20.2. The van der Waals surface area contributed by atoms with Crippen molar-refractivity contribution >= 4 is 21.8 Å². The van der Waals surface area contributed by atoms with Crippen molar-refractivity contribution in [3.63, 3.8) is 0 Å². The second-order valence-corrected chi connectivity index (χ2v) is 18.9. The number of nitrogens with zero attached hydrogens (tertiary/aromatic N) is 11. The van der Waals surface area contributed by atoms with Gasteiger partial charge in [-0.15, -0.1) is 0 Å². The molecule has 5 heterocycles. The summed E-state index contributed by atoms with van der Waals surface area (Å²) < 4.78 is 2.29. The lowest BCUT2D eigenvalue weighted by molar-refractivity contribution is 1.07. The Morgan fingerprint density at radius 3 is 0.873 bits per heavy atom. The average molecular weight is 1010 g/mol. The molecule has 5 aromatic heterocycles. The first kappa shape index (κ1) is 46.5. The highest BCUT2D eigenvalue weighted by molar-refractivity contribution is 6.11. The van der Waals surface area contributed by atoms with Crippen LogP contribution in [-0.4, -0.2) is 54.4 Å². The zero-order chi connectivity index (χ0) is 52.5. The van der Waals surface area contributed by atoms with E-state index >= 15 is 0 Å². The van der Waals surface area contributed by atoms with E-state index < -0.39 is 0 Å². The molecular weight excluding hydrogens is 971 g/mol. The fraction of sp³-hybridized carbons (Fsp3) is 0. The lowest BCUT2D eigenvalue weighted by Crippen LogP contribution is -2.03. The summed E-state index contributed by atoms with van der Waals surface area (Å²) in [4.78, 5) is 51.2. The number of aromatic nitrogens is 11. The summed E-state index contributed by atoms with van der Waals surface area (Å²) in [6, 6.07) is 85.4. The molecule has 0 saturated carbocycles. The Kier molecular flexibility index (Phi) is 11.9. The number of hydrogen-bond donors (Lipinski definition) is 0. The van der Waals surface area contributed by atoms with Gasteiger partial charge in [-0.25, -0.2) is 44.9 Å². The Balaban J connectivity index is 1.03. The zero-order valence-electron chi connectivity index (χ0n) is 42.2. The Hall–Kier alpha value is -11.0. The third-order valence-electron chi connectivity index (χ3n) is 13.8. The van der Waals surface area contributed by atoms with Crippen LogP contribution in [0.2, 0.25) is 0 Å². The summed E-state index contributed by atoms with van der Waals surface area (Å²) in [6.45, 7) is 0. The van der Waals surface area contributed by atoms with E-state index in [1.807, 2.05) is 206 Å². The Morgan fingerprint density at radius 1 is 0.228 bits per heavy atom. The molecule has 0 bridgehead atoms. The number of hydrogen-bond acceptors (Lipinski definition) is 10. The van der Waals surface area contributed by atoms with Crippen LogP contribution >= 0.6 is 0 Å². The van der Waals surface area contributed by atoms with Gasteiger partial charge in [-0.2, -0.15) is 0 Å². The van der Waals surface area contributed by atoms with E-state index in [0.29, 0.717) is 52.4 Å². The van der Waals surface area contributed by atoms with Crippen LogP contribution in [0.25, 0.3) is 141 Å². The first-order valence-corrected chi connectivity index (χ1v) is 25.9. The Morgan fingerprint density at radius 2 is 0.544 bits per heavy atom. The van der Waals surface area contributed by atoms with Crippen LogP contribution in [0.5, 0.6) is 0 Å². The minimum absolute atomic E-state index is 0.497. The summed E-state index contributed by atoms with van der Waals surface area (Å²) in [5.74, 6) is 4.99. The predicted octanol–water partition coefficient (Wildman–Crippen LogP) is 15.4. The van der Waals surface area contributed by atoms with Gasteiger partial charge < -0.3 is 4.57 Å². The molecule has 0 atom stereocenters. The minimum atomic E-state index is 0.497. The highest BCUT2D eigenvalue weighted by Crippen LogP contribution is 2.40. The normalized spacial score (nSPS) is 11.3. The van der Waals surface area contributed by atoms with Crippen molar-refractivity contribution in [2.75, 3.05) is 0 Å². The molecule has 14 rings (SSSR count). The molecule has 11 nitrogen and oxygen atoms in total. The fourth-order valence-corrected chi connectivity index (χ4v) is 9.98. The molecule has 79 heavy (non-hydrogen) atoms. The lowest BCUT2D eigenvalue weighted by atomic mass is 10.0. The lowest BCUT2D eigenvalue weighted by Gasteiger charge is -2.15. The van der Waals surface area contributed by atoms with Gasteiger partial charge in [-0.05, 0) is 42.5 Å². The molecule has 0 aliphatic carbocycles. The van der Waals surface area contributed by atoms with Crippen molar-refractivity contribution in [1.29, 1.82) is 0 Å². The van der Waals surface area contributed by atoms with Crippen LogP contribution in [0.1, 0.15) is 0 Å². The molecule has 11 heteroatoms. The van der Waals surface area contributed by atoms with Gasteiger partial charge in [0.1, 0.15) is 0 Å². The zero-order valence-corrected chi connectivity index (χ0v) is 42.2. The molecule has 9 aromatic carbocycles. The minimum Gasteiger partial charge on any atom is -0.309 e. The fourth-order valence-electron chi connectivity index (χ4n) is 9.98. The van der Waals surface area contributed by atoms with E-state index in [-0.39, 0.29) is 0 Å². The summed E-state index contributed by atoms with van der Waals surface area (Å²) in [5, 5.41) is 2.04. The predicted molar refractivity (Wildman–Crippen MR) is 313 cm³/mol. The molecule has 0 fully saturated rings. The Bertz CT molecular complexity index is 4150. The summed E-state index contributed by atoms with van der Waals surface area (Å²) in [7, 11) is 0. The van der Waals surface area contributed by atoms with Crippen LogP contribution in [0.4, 0.5) is 0 Å². The average Bonchev–Trinajstić information content (AvgIpc) is 4.12. The van der Waals surface area contributed by atoms with Crippen LogP contribution in [0.3, 0.4) is 0 Å². The van der Waals surface area contributed by atoms with Crippen molar-refractivity contribution in [1.82, 2.24) is 54.4 Å². The standard InChI is InChI=1S/C68H43N11/c1-7-21-44(22-8-1)60-70-61(45-23-9-2-10-24-45)74-66(73-60)50-34-37-54-55-38-35-51(67-75-62(46-25-11-3-12-26-46)71-63(76-67)47-27-13-4-14-28-47)42-59(55)79(58(54)41-50)52-36-39-53(57-33-19-20-40-69-57)56(43-52)68-77-64(48-29-15-5-16-30-48)72-65(78-68)49-31-17-6-18-32-49/h1-43H. The summed E-state index contributed by atoms with van der Waals surface area (Å²) in [5.41, 5.74) is 12.0. The molecule has 0 spiro atoms. The van der Waals surface area contributed by atoms with Crippen molar-refractivity contribution in [3.05, 3.63) is 261 Å². The number of benzene rings is 9. The van der Waals surface area contributed by atoms with Gasteiger partial charge in [0.15, 0.2) is 52.4 Å². The van der Waals surface area contributed by atoms with Crippen molar-refractivity contribution in [3.8, 4) is 119 Å². The number of pyridine rings is 1. The first-order chi connectivity index (χ1) is 39.1. The third kappa shape index (κ3) is 9.13. The summed E-state index contributed by atoms with van der Waals surface area (Å²) >= 11 is 0. The SMILES string of the molecule is c1ccc(-c2nc(-c3ccccc3)nc(-c3ccc4c5ccc(-c6nc(-c7ccccc7)nc(-c7ccccc7)n6)cc5n(-c5ccc(-c6ccccn6)c(-c6nc(-c7ccccc7)nc(-c7ccccc7)n6)c5)c4c3)n2)cc1. The molecule has 0 saturated heterocycles. The molecule has 0 aliphatic rings. The van der Waals surface area contributed by atoms with Gasteiger partial charge in [0, 0.05) is 78.3 Å². The maximum absolute atomic E-state index is 5.27. The van der Waals surface area contributed by atoms with E-state index in [4.69, 9.17) is 49.8 Å². The quantitative estimate of drug-likeness (QED) is 0.123. The molecule has 0 radical (unpaired) electrons. The molecule has 0 aliphatic heterocycles. The van der Waals surface area contributed by atoms with Crippen LogP contribution in [-0.2, 0) is 0 Å². The highest BCUT2D eigenvalue weighted by atomic mass is 15.1. The van der Waals surface area contributed by atoms with Gasteiger partial charge >= 0.3 is 0 Å². The Labute approximate surface area is 454 Å². The molecule has 0 unspecified atom stereocenters. The van der Waals surface area contributed by atoms with Gasteiger partial charge in [0.2, 0.25) is 0 Å². The van der Waals surface area contributed by atoms with Crippen molar-refractivity contribution in [2.45, 2.75) is 0 Å². The van der Waals surface area contributed by atoms with Gasteiger partial charge in [-0.1, -0.05) is 212 Å². The molecule has 0 amide bonds. The van der Waals surface area contributed by atoms with E-state index in [9.17, 15) is 0 Å². The van der Waals surface area contributed by atoms with E-state index in [1.54, 1.807) is 0 Å². The number of rotatable bonds is 11. The van der Waals surface area contributed by atoms with Gasteiger partial charge in [0.25, 0.3) is 0 Å². The second-order valence-electron chi connectivity index (χ2n) is 18.9. The molecule has 14 aromatic rings. The van der Waals surface area contributed by atoms with E-state index in [1.165, 1.54) is 0 Å². The van der Waals surface area contributed by atoms with E-state index in [2.05, 4.69) is 59.2 Å². The molecule has 0 N–H and O–H groups in total. The topological polar surface area (TPSA) is 134 Å². The van der Waals surface area contributed by atoms with Gasteiger partial charge in [0.05, 0.1) is 16.7 Å². The molecular formula is C68H43N11. The van der Waals surface area contributed by atoms with Crippen LogP contribution < -0.4 is 0 Å². The number of fused-ring (bicyclic) bond motifs is 3. The van der Waals surface area contributed by atoms with Crippen molar-refractivity contribution in [2.24, 2.45) is 0 Å². The smallest absolute Gasteiger partial charge is 0.164 e. The largest absolute Gasteiger partial charge is 0.309 e. The molecule has 370 valence electrons. The highest BCUT2D eigenvalue weighted by Gasteiger charge is 2.23.